The van der Waals surface area contributed by atoms with Crippen molar-refractivity contribution >= 4 is 16.9 Å². The molecule has 3 heteroatoms. The van der Waals surface area contributed by atoms with Gasteiger partial charge in [-0.15, -0.1) is 0 Å². The predicted molar refractivity (Wildman–Crippen MR) is 74.5 cm³/mol. The Hall–Kier alpha value is -2.55. The lowest BCUT2D eigenvalue weighted by molar-refractivity contribution is 0.0691. The summed E-state index contributed by atoms with van der Waals surface area (Å²) in [7, 11) is 0. The third kappa shape index (κ3) is 2.22. The summed E-state index contributed by atoms with van der Waals surface area (Å²) in [6.45, 7) is 0. The van der Waals surface area contributed by atoms with E-state index in [1.54, 1.807) is 6.07 Å². The fourth-order valence-corrected chi connectivity index (χ4v) is 2.30. The number of carboxylic acid groups (broad SMARTS) is 1. The normalized spacial score (nSPS) is 10.7. The first kappa shape index (κ1) is 11.5. The topological polar surface area (TPSA) is 53.1 Å². The van der Waals surface area contributed by atoms with E-state index in [1.165, 1.54) is 5.56 Å². The number of carboxylic acids is 1. The van der Waals surface area contributed by atoms with Crippen molar-refractivity contribution in [1.82, 2.24) is 4.98 Å². The Morgan fingerprint density at radius 3 is 2.58 bits per heavy atom. The molecule has 0 fully saturated rings. The average molecular weight is 251 g/mol. The van der Waals surface area contributed by atoms with Crippen LogP contribution in [0, 0.1) is 0 Å². The molecule has 2 aromatic carbocycles. The van der Waals surface area contributed by atoms with Crippen LogP contribution in [0.3, 0.4) is 0 Å². The minimum Gasteiger partial charge on any atom is -0.477 e. The van der Waals surface area contributed by atoms with Gasteiger partial charge < -0.3 is 10.1 Å². The van der Waals surface area contributed by atoms with E-state index in [1.807, 2.05) is 36.4 Å². The lowest BCUT2D eigenvalue weighted by atomic mass is 10.0. The summed E-state index contributed by atoms with van der Waals surface area (Å²) in [6.07, 6.45) is 0.801. The summed E-state index contributed by atoms with van der Waals surface area (Å²) in [4.78, 5) is 13.9. The van der Waals surface area contributed by atoms with Gasteiger partial charge in [0.05, 0.1) is 0 Å². The van der Waals surface area contributed by atoms with Gasteiger partial charge in [-0.05, 0) is 29.7 Å². The summed E-state index contributed by atoms with van der Waals surface area (Å²) in [6, 6.07) is 17.7. The van der Waals surface area contributed by atoms with Gasteiger partial charge in [0.2, 0.25) is 0 Å². The van der Waals surface area contributed by atoms with Crippen LogP contribution in [0.2, 0.25) is 0 Å². The molecule has 0 saturated carbocycles. The van der Waals surface area contributed by atoms with Crippen molar-refractivity contribution in [3.8, 4) is 0 Å². The minimum atomic E-state index is -0.929. The Balaban J connectivity index is 2.06. The maximum atomic E-state index is 11.0. The van der Waals surface area contributed by atoms with Crippen LogP contribution in [0.25, 0.3) is 10.9 Å². The average Bonchev–Trinajstić information content (AvgIpc) is 2.85. The van der Waals surface area contributed by atoms with Crippen molar-refractivity contribution in [3.63, 3.8) is 0 Å². The summed E-state index contributed by atoms with van der Waals surface area (Å²) in [5.41, 5.74) is 3.45. The van der Waals surface area contributed by atoms with Gasteiger partial charge in [-0.2, -0.15) is 0 Å². The first-order chi connectivity index (χ1) is 9.24. The molecule has 0 spiro atoms. The fourth-order valence-electron chi connectivity index (χ4n) is 2.30. The van der Waals surface area contributed by atoms with E-state index in [-0.39, 0.29) is 5.69 Å². The van der Waals surface area contributed by atoms with E-state index < -0.39 is 5.97 Å². The second kappa shape index (κ2) is 4.61. The molecule has 1 heterocycles. The van der Waals surface area contributed by atoms with Gasteiger partial charge in [-0.3, -0.25) is 0 Å². The van der Waals surface area contributed by atoms with E-state index in [2.05, 4.69) is 17.1 Å². The number of H-pyrrole nitrogens is 1. The zero-order valence-corrected chi connectivity index (χ0v) is 10.3. The van der Waals surface area contributed by atoms with E-state index in [4.69, 9.17) is 5.11 Å². The molecule has 0 aliphatic heterocycles. The third-order valence-corrected chi connectivity index (χ3v) is 3.22. The highest BCUT2D eigenvalue weighted by atomic mass is 16.4. The Labute approximate surface area is 110 Å². The lowest BCUT2D eigenvalue weighted by Gasteiger charge is -2.03. The monoisotopic (exact) mass is 251 g/mol. The minimum absolute atomic E-state index is 0.232. The number of aromatic carboxylic acids is 1. The molecular formula is C16H13NO2. The Morgan fingerprint density at radius 1 is 1.05 bits per heavy atom. The van der Waals surface area contributed by atoms with Crippen LogP contribution in [0.15, 0.2) is 54.6 Å². The molecule has 0 aliphatic carbocycles. The predicted octanol–water partition coefficient (Wildman–Crippen LogP) is 3.46. The molecular weight excluding hydrogens is 238 g/mol. The van der Waals surface area contributed by atoms with Gasteiger partial charge in [-0.25, -0.2) is 4.79 Å². The Morgan fingerprint density at radius 2 is 1.84 bits per heavy atom. The number of nitrogens with one attached hydrogen (secondary N) is 1. The molecule has 0 unspecified atom stereocenters. The third-order valence-electron chi connectivity index (χ3n) is 3.22. The zero-order chi connectivity index (χ0) is 13.2. The molecule has 1 aromatic heterocycles. The fraction of sp³-hybridized carbons (Fsp3) is 0.0625. The molecule has 0 saturated heterocycles. The number of fused-ring (bicyclic) bond motifs is 1. The SMILES string of the molecule is O=C(O)c1cc2c(Cc3ccccc3)cccc2[nH]1. The molecule has 3 aromatic rings. The van der Waals surface area contributed by atoms with Crippen molar-refractivity contribution in [1.29, 1.82) is 0 Å². The molecule has 0 aliphatic rings. The second-order valence-electron chi connectivity index (χ2n) is 4.53. The van der Waals surface area contributed by atoms with Gasteiger partial charge in [0.1, 0.15) is 5.69 Å². The maximum absolute atomic E-state index is 11.0. The van der Waals surface area contributed by atoms with Crippen LogP contribution in [0.1, 0.15) is 21.6 Å². The number of hydrogen-bond acceptors (Lipinski definition) is 1. The van der Waals surface area contributed by atoms with E-state index >= 15 is 0 Å². The van der Waals surface area contributed by atoms with Gasteiger partial charge in [-0.1, -0.05) is 42.5 Å². The molecule has 19 heavy (non-hydrogen) atoms. The van der Waals surface area contributed by atoms with Crippen LogP contribution < -0.4 is 0 Å². The van der Waals surface area contributed by atoms with Crippen molar-refractivity contribution in [2.75, 3.05) is 0 Å². The van der Waals surface area contributed by atoms with Crippen LogP contribution >= 0.6 is 0 Å². The number of rotatable bonds is 3. The number of benzene rings is 2. The highest BCUT2D eigenvalue weighted by Crippen LogP contribution is 2.22. The van der Waals surface area contributed by atoms with Crippen molar-refractivity contribution in [2.45, 2.75) is 6.42 Å². The van der Waals surface area contributed by atoms with Crippen molar-refractivity contribution in [3.05, 3.63) is 71.4 Å². The first-order valence-electron chi connectivity index (χ1n) is 6.12. The molecule has 0 bridgehead atoms. The molecule has 94 valence electrons. The Kier molecular flexibility index (Phi) is 2.80. The highest BCUT2D eigenvalue weighted by molar-refractivity contribution is 5.95. The quantitative estimate of drug-likeness (QED) is 0.749. The molecule has 3 rings (SSSR count). The zero-order valence-electron chi connectivity index (χ0n) is 10.3. The van der Waals surface area contributed by atoms with Crippen molar-refractivity contribution in [2.24, 2.45) is 0 Å². The van der Waals surface area contributed by atoms with Crippen molar-refractivity contribution < 1.29 is 9.90 Å². The molecule has 3 nitrogen and oxygen atoms in total. The number of hydrogen-bond donors (Lipinski definition) is 2. The van der Waals surface area contributed by atoms with Gasteiger partial charge >= 0.3 is 5.97 Å². The van der Waals surface area contributed by atoms with E-state index in [0.29, 0.717) is 0 Å². The molecule has 0 atom stereocenters. The summed E-state index contributed by atoms with van der Waals surface area (Å²) in [5, 5.41) is 10.0. The number of aromatic amines is 1. The highest BCUT2D eigenvalue weighted by Gasteiger charge is 2.10. The summed E-state index contributed by atoms with van der Waals surface area (Å²) < 4.78 is 0. The van der Waals surface area contributed by atoms with E-state index in [0.717, 1.165) is 22.9 Å². The van der Waals surface area contributed by atoms with Crippen LogP contribution in [0.5, 0.6) is 0 Å². The smallest absolute Gasteiger partial charge is 0.352 e. The standard InChI is InChI=1S/C16H13NO2/c18-16(19)15-10-13-12(7-4-8-14(13)17-15)9-11-5-2-1-3-6-11/h1-8,10,17H,9H2,(H,18,19). The van der Waals surface area contributed by atoms with Gasteiger partial charge in [0, 0.05) is 10.9 Å². The molecule has 2 N–H and O–H groups in total. The van der Waals surface area contributed by atoms with Gasteiger partial charge in [0.15, 0.2) is 0 Å². The van der Waals surface area contributed by atoms with Crippen LogP contribution in [-0.2, 0) is 6.42 Å². The summed E-state index contributed by atoms with van der Waals surface area (Å²) >= 11 is 0. The maximum Gasteiger partial charge on any atom is 0.352 e. The molecule has 0 radical (unpaired) electrons. The van der Waals surface area contributed by atoms with Crippen LogP contribution in [0.4, 0.5) is 0 Å². The van der Waals surface area contributed by atoms with Gasteiger partial charge in [0.25, 0.3) is 0 Å². The number of aromatic nitrogens is 1. The lowest BCUT2D eigenvalue weighted by Crippen LogP contribution is -1.94. The molecule has 0 amide bonds. The van der Waals surface area contributed by atoms with E-state index in [9.17, 15) is 4.79 Å². The first-order valence-corrected chi connectivity index (χ1v) is 6.12. The largest absolute Gasteiger partial charge is 0.477 e. The second-order valence-corrected chi connectivity index (χ2v) is 4.53. The number of carbonyl (C=O) groups is 1. The van der Waals surface area contributed by atoms with Crippen LogP contribution in [-0.4, -0.2) is 16.1 Å². The summed E-state index contributed by atoms with van der Waals surface area (Å²) in [5.74, 6) is -0.929. The Bertz CT molecular complexity index is 729.